The normalized spacial score (nSPS) is 19.3. The summed E-state index contributed by atoms with van der Waals surface area (Å²) in [6.45, 7) is 33.7. The molecular formula is C56H81F3N6O5Si2. The van der Waals surface area contributed by atoms with Crippen molar-refractivity contribution in [3.05, 3.63) is 41.5 Å². The molecule has 3 fully saturated rings. The number of ether oxygens (including phenoxy) is 3. The summed E-state index contributed by atoms with van der Waals surface area (Å²) < 4.78 is 76.6. The summed E-state index contributed by atoms with van der Waals surface area (Å²) in [5.41, 5.74) is 3.92. The van der Waals surface area contributed by atoms with Crippen molar-refractivity contribution in [3.8, 4) is 40.4 Å². The van der Waals surface area contributed by atoms with Crippen molar-refractivity contribution in [3.63, 3.8) is 0 Å². The third-order valence-corrected chi connectivity index (χ3v) is 28.4. The zero-order chi connectivity index (χ0) is 52.8. The van der Waals surface area contributed by atoms with E-state index in [2.05, 4.69) is 99.4 Å². The molecule has 0 N–H and O–H groups in total. The van der Waals surface area contributed by atoms with E-state index in [4.69, 9.17) is 33.6 Å². The van der Waals surface area contributed by atoms with Crippen LogP contribution in [0.25, 0.3) is 32.9 Å². The number of carbonyl (C=O) groups is 1. The molecule has 3 saturated heterocycles. The summed E-state index contributed by atoms with van der Waals surface area (Å²) in [5.74, 6) is 2.70. The van der Waals surface area contributed by atoms with E-state index < -0.39 is 51.4 Å². The van der Waals surface area contributed by atoms with Gasteiger partial charge in [0.1, 0.15) is 54.6 Å². The van der Waals surface area contributed by atoms with Crippen molar-refractivity contribution < 1.29 is 36.6 Å². The molecule has 3 aliphatic rings. The lowest BCUT2D eigenvalue weighted by Crippen LogP contribution is -2.50. The highest BCUT2D eigenvalue weighted by Crippen LogP contribution is 2.48. The van der Waals surface area contributed by atoms with Crippen molar-refractivity contribution in [1.82, 2.24) is 24.9 Å². The number of methoxy groups -OCH3 is 1. The lowest BCUT2D eigenvalue weighted by Gasteiger charge is -2.42. The Labute approximate surface area is 429 Å². The molecule has 0 radical (unpaired) electrons. The number of hydrogen-bond donors (Lipinski definition) is 0. The lowest BCUT2D eigenvalue weighted by atomic mass is 9.95. The van der Waals surface area contributed by atoms with Gasteiger partial charge in [0, 0.05) is 37.0 Å². The molecule has 0 saturated carbocycles. The summed E-state index contributed by atoms with van der Waals surface area (Å²) in [7, 11) is -3.56. The first-order chi connectivity index (χ1) is 33.8. The van der Waals surface area contributed by atoms with Gasteiger partial charge in [0.25, 0.3) is 8.32 Å². The average molecular weight is 1030 g/mol. The molecule has 1 amide bonds. The number of halogens is 3. The molecule has 3 aliphatic heterocycles. The standard InChI is InChI=1S/C56H81F3N6O5Si2/c1-34(2)71(35(3)4,36(5)6)28-23-43-45(58)22-21-40-29-42(70-72(37(7)8,38(9)10)39(11)12)30-44(46(40)43)49-48(59)50-47(52(60-49)67-16)51(64-26-18-17-19-27-65(64)54(66)69-55(13,14)15)62-53(61-50)68-33-56-24-20-25-63(56)32-41(57)31-56/h21-22,29-30,34-39,41H,17-20,24-27,31-33H2,1-16H3/t41-,56+/m1/s1. The Morgan fingerprint density at radius 2 is 1.49 bits per heavy atom. The van der Waals surface area contributed by atoms with Crippen LogP contribution in [-0.2, 0) is 4.74 Å². The molecule has 72 heavy (non-hydrogen) atoms. The van der Waals surface area contributed by atoms with Gasteiger partial charge in [-0.2, -0.15) is 9.97 Å². The first-order valence-corrected chi connectivity index (χ1v) is 30.9. The van der Waals surface area contributed by atoms with Gasteiger partial charge in [-0.3, -0.25) is 9.91 Å². The molecule has 7 rings (SSSR count). The fraction of sp³-hybridized carbons (Fsp3) is 0.643. The summed E-state index contributed by atoms with van der Waals surface area (Å²) >= 11 is 0. The number of benzene rings is 2. The van der Waals surface area contributed by atoms with Crippen LogP contribution in [0.5, 0.6) is 17.6 Å². The topological polar surface area (TPSA) is 102 Å². The molecule has 4 aromatic rings. The maximum Gasteiger partial charge on any atom is 0.429 e. The van der Waals surface area contributed by atoms with Gasteiger partial charge in [-0.05, 0) is 116 Å². The second-order valence-corrected chi connectivity index (χ2v) is 34.5. The highest BCUT2D eigenvalue weighted by atomic mass is 28.4. The van der Waals surface area contributed by atoms with Crippen molar-refractivity contribution >= 4 is 50.0 Å². The van der Waals surface area contributed by atoms with Gasteiger partial charge in [-0.15, -0.1) is 5.54 Å². The Bertz CT molecular complexity index is 2660. The molecule has 16 heteroatoms. The molecule has 0 bridgehead atoms. The Kier molecular flexibility index (Phi) is 16.3. The fourth-order valence-electron chi connectivity index (χ4n) is 12.9. The number of aromatic nitrogens is 3. The summed E-state index contributed by atoms with van der Waals surface area (Å²) in [4.78, 5) is 31.1. The number of hydrazine groups is 1. The lowest BCUT2D eigenvalue weighted by molar-refractivity contribution is 0.0232. The molecule has 5 heterocycles. The van der Waals surface area contributed by atoms with E-state index in [1.165, 1.54) is 18.2 Å². The number of rotatable bonds is 14. The number of hydrogen-bond acceptors (Lipinski definition) is 10. The van der Waals surface area contributed by atoms with Crippen LogP contribution in [0.15, 0.2) is 24.3 Å². The Morgan fingerprint density at radius 3 is 2.10 bits per heavy atom. The molecule has 0 spiro atoms. The minimum Gasteiger partial charge on any atom is -0.543 e. The van der Waals surface area contributed by atoms with Gasteiger partial charge in [-0.1, -0.05) is 95.1 Å². The van der Waals surface area contributed by atoms with E-state index in [1.807, 2.05) is 6.07 Å². The van der Waals surface area contributed by atoms with Crippen molar-refractivity contribution in [2.45, 2.75) is 193 Å². The maximum absolute atomic E-state index is 18.7. The highest BCUT2D eigenvalue weighted by molar-refractivity contribution is 6.90. The Hall–Kier alpha value is -4.60. The third kappa shape index (κ3) is 10.3. The maximum atomic E-state index is 18.7. The molecule has 0 unspecified atom stereocenters. The predicted octanol–water partition coefficient (Wildman–Crippen LogP) is 14.4. The minimum absolute atomic E-state index is 0.0161. The van der Waals surface area contributed by atoms with Crippen LogP contribution < -0.4 is 18.9 Å². The van der Waals surface area contributed by atoms with E-state index in [-0.39, 0.29) is 85.3 Å². The fourth-order valence-corrected chi connectivity index (χ4v) is 23.4. The number of amides is 1. The molecule has 11 nitrogen and oxygen atoms in total. The second-order valence-electron chi connectivity index (χ2n) is 23.5. The van der Waals surface area contributed by atoms with Crippen LogP contribution in [-0.4, -0.2) is 105 Å². The van der Waals surface area contributed by atoms with E-state index in [9.17, 15) is 4.79 Å². The van der Waals surface area contributed by atoms with Gasteiger partial charge in [-0.25, -0.2) is 28.0 Å². The number of fused-ring (bicyclic) bond motifs is 3. The number of alkyl halides is 1. The van der Waals surface area contributed by atoms with Gasteiger partial charge in [0.2, 0.25) is 5.88 Å². The molecule has 394 valence electrons. The van der Waals surface area contributed by atoms with Crippen LogP contribution in [0.3, 0.4) is 0 Å². The molecule has 2 aromatic carbocycles. The van der Waals surface area contributed by atoms with Gasteiger partial charge >= 0.3 is 12.1 Å². The third-order valence-electron chi connectivity index (χ3n) is 16.1. The van der Waals surface area contributed by atoms with E-state index in [0.29, 0.717) is 55.4 Å². The average Bonchev–Trinajstić information content (AvgIpc) is 3.70. The Morgan fingerprint density at radius 1 is 0.833 bits per heavy atom. The van der Waals surface area contributed by atoms with Crippen LogP contribution in [0.4, 0.5) is 23.8 Å². The van der Waals surface area contributed by atoms with Crippen molar-refractivity contribution in [2.75, 3.05) is 44.9 Å². The quantitative estimate of drug-likeness (QED) is 0.0896. The molecule has 2 atom stereocenters. The van der Waals surface area contributed by atoms with Gasteiger partial charge in [0.05, 0.1) is 18.2 Å². The van der Waals surface area contributed by atoms with Crippen LogP contribution in [0.2, 0.25) is 33.2 Å². The van der Waals surface area contributed by atoms with Crippen molar-refractivity contribution in [2.24, 2.45) is 0 Å². The zero-order valence-corrected chi connectivity index (χ0v) is 48.0. The Balaban J connectivity index is 1.56. The highest BCUT2D eigenvalue weighted by Gasteiger charge is 2.50. The predicted molar refractivity (Wildman–Crippen MR) is 289 cm³/mol. The number of pyridine rings is 1. The van der Waals surface area contributed by atoms with Gasteiger partial charge < -0.3 is 18.6 Å². The summed E-state index contributed by atoms with van der Waals surface area (Å²) in [6.07, 6.45) is 2.53. The summed E-state index contributed by atoms with van der Waals surface area (Å²) in [5, 5.41) is 4.32. The van der Waals surface area contributed by atoms with Crippen LogP contribution in [0, 0.1) is 23.1 Å². The number of carbonyl (C=O) groups excluding carboxylic acids is 1. The first-order valence-electron chi connectivity index (χ1n) is 26.6. The molecular weight excluding hydrogens is 950 g/mol. The van der Waals surface area contributed by atoms with Crippen LogP contribution >= 0.6 is 0 Å². The van der Waals surface area contributed by atoms with Crippen molar-refractivity contribution in [1.29, 1.82) is 0 Å². The SMILES string of the molecule is COc1nc(-c2cc(O[Si](C(C)C)(C(C)C)C(C)C)cc3ccc(F)c(C#C[Si](C(C)C)(C(C)C)C(C)C)c23)c(F)c2nc(OC[C@@]34CCCN3C[C@H](F)C4)nc(N3CCCCCN3C(=O)OC(C)(C)C)c12. The smallest absolute Gasteiger partial charge is 0.429 e. The minimum atomic E-state index is -2.61. The molecule has 2 aromatic heterocycles. The largest absolute Gasteiger partial charge is 0.543 e. The zero-order valence-electron chi connectivity index (χ0n) is 46.0. The number of anilines is 1. The van der Waals surface area contributed by atoms with Crippen LogP contribution in [0.1, 0.15) is 148 Å². The van der Waals surface area contributed by atoms with Gasteiger partial charge in [0.15, 0.2) is 11.6 Å². The van der Waals surface area contributed by atoms with E-state index >= 15 is 13.2 Å². The summed E-state index contributed by atoms with van der Waals surface area (Å²) in [6, 6.07) is 6.71. The van der Waals surface area contributed by atoms with E-state index in [0.717, 1.165) is 25.8 Å². The first kappa shape index (κ1) is 55.2. The monoisotopic (exact) mass is 1030 g/mol. The molecule has 0 aliphatic carbocycles. The second kappa shape index (κ2) is 21.3. The van der Waals surface area contributed by atoms with E-state index in [1.54, 1.807) is 37.9 Å². The number of nitrogens with zero attached hydrogens (tertiary/aromatic N) is 6.